The molecule has 0 atom stereocenters. The van der Waals surface area contributed by atoms with Crippen LogP contribution in [0.5, 0.6) is 0 Å². The Balaban J connectivity index is 2.22. The standard InChI is InChI=1S/C9H9N5OS/c10-12-8(15)7-9(16-14-13-7)11-6-4-2-1-3-5-6/h1-5,11H,10H2,(H,12,15). The Morgan fingerprint density at radius 2 is 2.06 bits per heavy atom. The van der Waals surface area contributed by atoms with E-state index in [2.05, 4.69) is 14.9 Å². The van der Waals surface area contributed by atoms with E-state index in [1.54, 1.807) is 0 Å². The van der Waals surface area contributed by atoms with Crippen LogP contribution in [-0.4, -0.2) is 15.5 Å². The highest BCUT2D eigenvalue weighted by Gasteiger charge is 2.15. The monoisotopic (exact) mass is 235 g/mol. The zero-order chi connectivity index (χ0) is 11.4. The highest BCUT2D eigenvalue weighted by molar-refractivity contribution is 7.10. The number of nitrogens with zero attached hydrogens (tertiary/aromatic N) is 2. The predicted octanol–water partition coefficient (Wildman–Crippen LogP) is 0.885. The molecule has 2 aromatic rings. The van der Waals surface area contributed by atoms with E-state index in [0.717, 1.165) is 17.2 Å². The quantitative estimate of drug-likeness (QED) is 0.417. The smallest absolute Gasteiger partial charge is 0.288 e. The summed E-state index contributed by atoms with van der Waals surface area (Å²) in [7, 11) is 0. The maximum Gasteiger partial charge on any atom is 0.288 e. The van der Waals surface area contributed by atoms with E-state index in [0.29, 0.717) is 5.00 Å². The number of anilines is 2. The Hall–Kier alpha value is -1.99. The maximum absolute atomic E-state index is 11.3. The number of hydrogen-bond acceptors (Lipinski definition) is 6. The van der Waals surface area contributed by atoms with Gasteiger partial charge >= 0.3 is 0 Å². The van der Waals surface area contributed by atoms with E-state index in [-0.39, 0.29) is 5.69 Å². The number of carbonyl (C=O) groups is 1. The van der Waals surface area contributed by atoms with E-state index in [1.165, 1.54) is 0 Å². The van der Waals surface area contributed by atoms with Crippen LogP contribution in [0.3, 0.4) is 0 Å². The first-order valence-corrected chi connectivity index (χ1v) is 5.24. The molecule has 1 heterocycles. The molecule has 1 aromatic heterocycles. The molecular weight excluding hydrogens is 226 g/mol. The number of nitrogen functional groups attached to an aromatic ring is 1. The van der Waals surface area contributed by atoms with Crippen LogP contribution in [0.4, 0.5) is 10.7 Å². The van der Waals surface area contributed by atoms with Gasteiger partial charge in [-0.15, -0.1) is 5.10 Å². The summed E-state index contributed by atoms with van der Waals surface area (Å²) in [5.74, 6) is 4.57. The molecule has 0 radical (unpaired) electrons. The number of benzene rings is 1. The highest BCUT2D eigenvalue weighted by Crippen LogP contribution is 2.22. The molecule has 2 rings (SSSR count). The minimum Gasteiger partial charge on any atom is -0.344 e. The Labute approximate surface area is 95.6 Å². The third-order valence-corrected chi connectivity index (χ3v) is 2.51. The number of carbonyl (C=O) groups excluding carboxylic acids is 1. The maximum atomic E-state index is 11.3. The topological polar surface area (TPSA) is 92.9 Å². The number of nitrogens with two attached hydrogens (primary N) is 1. The molecule has 1 amide bonds. The minimum absolute atomic E-state index is 0.191. The summed E-state index contributed by atoms with van der Waals surface area (Å²) in [5, 5.41) is 7.31. The molecule has 82 valence electrons. The number of para-hydroxylation sites is 1. The largest absolute Gasteiger partial charge is 0.344 e. The number of nitrogens with one attached hydrogen (secondary N) is 2. The lowest BCUT2D eigenvalue weighted by molar-refractivity contribution is 0.0949. The summed E-state index contributed by atoms with van der Waals surface area (Å²) in [6.07, 6.45) is 0. The Morgan fingerprint density at radius 3 is 2.75 bits per heavy atom. The molecular formula is C9H9N5OS. The van der Waals surface area contributed by atoms with Crippen LogP contribution in [-0.2, 0) is 0 Å². The third-order valence-electron chi connectivity index (χ3n) is 1.87. The number of amides is 1. The molecule has 1 aromatic carbocycles. The molecule has 6 nitrogen and oxygen atoms in total. The van der Waals surface area contributed by atoms with E-state index in [9.17, 15) is 4.79 Å². The Morgan fingerprint density at radius 1 is 1.31 bits per heavy atom. The molecule has 16 heavy (non-hydrogen) atoms. The van der Waals surface area contributed by atoms with Gasteiger partial charge in [0.2, 0.25) is 0 Å². The fourth-order valence-corrected chi connectivity index (χ4v) is 1.73. The summed E-state index contributed by atoms with van der Waals surface area (Å²) in [6, 6.07) is 9.44. The van der Waals surface area contributed by atoms with Gasteiger partial charge < -0.3 is 5.32 Å². The van der Waals surface area contributed by atoms with E-state index in [4.69, 9.17) is 5.84 Å². The van der Waals surface area contributed by atoms with Crippen LogP contribution in [0, 0.1) is 0 Å². The SMILES string of the molecule is NNC(=O)c1nnsc1Nc1ccccc1. The molecule has 0 saturated heterocycles. The van der Waals surface area contributed by atoms with E-state index < -0.39 is 5.91 Å². The average molecular weight is 235 g/mol. The number of rotatable bonds is 3. The molecule has 0 aliphatic heterocycles. The molecule has 0 saturated carbocycles. The molecule has 0 fully saturated rings. The van der Waals surface area contributed by atoms with Crippen LogP contribution >= 0.6 is 11.5 Å². The van der Waals surface area contributed by atoms with Gasteiger partial charge in [0.05, 0.1) is 0 Å². The van der Waals surface area contributed by atoms with Crippen molar-refractivity contribution in [3.8, 4) is 0 Å². The number of hydrazine groups is 1. The first-order valence-electron chi connectivity index (χ1n) is 4.46. The second-order valence-electron chi connectivity index (χ2n) is 2.92. The van der Waals surface area contributed by atoms with Crippen molar-refractivity contribution in [2.75, 3.05) is 5.32 Å². The average Bonchev–Trinajstić information content (AvgIpc) is 2.77. The van der Waals surface area contributed by atoms with Gasteiger partial charge in [0.15, 0.2) is 5.69 Å². The van der Waals surface area contributed by atoms with Crippen molar-refractivity contribution in [2.24, 2.45) is 5.84 Å². The van der Waals surface area contributed by atoms with Gasteiger partial charge in [0, 0.05) is 17.2 Å². The number of hydrogen-bond donors (Lipinski definition) is 3. The highest BCUT2D eigenvalue weighted by atomic mass is 32.1. The molecule has 0 aliphatic rings. The van der Waals surface area contributed by atoms with Gasteiger partial charge in [-0.3, -0.25) is 10.2 Å². The summed E-state index contributed by atoms with van der Waals surface area (Å²) in [5.41, 5.74) is 3.07. The van der Waals surface area contributed by atoms with Crippen molar-refractivity contribution in [1.29, 1.82) is 0 Å². The van der Waals surface area contributed by atoms with Gasteiger partial charge in [-0.2, -0.15) is 0 Å². The molecule has 0 unspecified atom stereocenters. The fourth-order valence-electron chi connectivity index (χ4n) is 1.14. The van der Waals surface area contributed by atoms with Crippen molar-refractivity contribution in [3.05, 3.63) is 36.0 Å². The van der Waals surface area contributed by atoms with Gasteiger partial charge in [0.1, 0.15) is 5.00 Å². The van der Waals surface area contributed by atoms with Crippen LogP contribution in [0.15, 0.2) is 30.3 Å². The molecule has 4 N–H and O–H groups in total. The van der Waals surface area contributed by atoms with Crippen LogP contribution < -0.4 is 16.6 Å². The zero-order valence-corrected chi connectivity index (χ0v) is 8.99. The second-order valence-corrected chi connectivity index (χ2v) is 3.67. The van der Waals surface area contributed by atoms with Crippen molar-refractivity contribution < 1.29 is 4.79 Å². The zero-order valence-electron chi connectivity index (χ0n) is 8.18. The summed E-state index contributed by atoms with van der Waals surface area (Å²) in [6.45, 7) is 0. The minimum atomic E-state index is -0.466. The van der Waals surface area contributed by atoms with E-state index >= 15 is 0 Å². The lowest BCUT2D eigenvalue weighted by Gasteiger charge is -2.03. The van der Waals surface area contributed by atoms with Gasteiger partial charge in [-0.25, -0.2) is 5.84 Å². The third kappa shape index (κ3) is 2.15. The van der Waals surface area contributed by atoms with Crippen molar-refractivity contribution in [2.45, 2.75) is 0 Å². The second kappa shape index (κ2) is 4.69. The van der Waals surface area contributed by atoms with Gasteiger partial charge in [-0.1, -0.05) is 22.7 Å². The molecule has 0 bridgehead atoms. The number of aromatic nitrogens is 2. The first-order chi connectivity index (χ1) is 7.81. The summed E-state index contributed by atoms with van der Waals surface area (Å²) < 4.78 is 3.70. The molecule has 0 spiro atoms. The van der Waals surface area contributed by atoms with E-state index in [1.807, 2.05) is 35.8 Å². The van der Waals surface area contributed by atoms with Gasteiger partial charge in [0.25, 0.3) is 5.91 Å². The lowest BCUT2D eigenvalue weighted by atomic mass is 10.3. The summed E-state index contributed by atoms with van der Waals surface area (Å²) >= 11 is 1.10. The summed E-state index contributed by atoms with van der Waals surface area (Å²) in [4.78, 5) is 11.3. The van der Waals surface area contributed by atoms with Crippen molar-refractivity contribution in [3.63, 3.8) is 0 Å². The van der Waals surface area contributed by atoms with Gasteiger partial charge in [-0.05, 0) is 12.1 Å². The molecule has 0 aliphatic carbocycles. The Bertz CT molecular complexity index is 484. The fraction of sp³-hybridized carbons (Fsp3) is 0. The predicted molar refractivity (Wildman–Crippen MR) is 61.3 cm³/mol. The normalized spacial score (nSPS) is 9.81. The Kier molecular flexibility index (Phi) is 3.08. The lowest BCUT2D eigenvalue weighted by Crippen LogP contribution is -2.30. The van der Waals surface area contributed by atoms with Crippen LogP contribution in [0.25, 0.3) is 0 Å². The van der Waals surface area contributed by atoms with Crippen LogP contribution in [0.2, 0.25) is 0 Å². The first kappa shape index (κ1) is 10.5. The molecule has 7 heteroatoms. The van der Waals surface area contributed by atoms with Crippen molar-refractivity contribution in [1.82, 2.24) is 15.0 Å². The van der Waals surface area contributed by atoms with Crippen molar-refractivity contribution >= 4 is 28.1 Å². The van der Waals surface area contributed by atoms with Crippen LogP contribution in [0.1, 0.15) is 10.5 Å².